The van der Waals surface area contributed by atoms with E-state index in [2.05, 4.69) is 26.5 Å². The van der Waals surface area contributed by atoms with Crippen molar-refractivity contribution >= 4 is 34.8 Å². The third-order valence-electron chi connectivity index (χ3n) is 2.79. The molecule has 1 aliphatic rings. The minimum absolute atomic E-state index is 0.00475. The Morgan fingerprint density at radius 3 is 2.11 bits per heavy atom. The maximum Gasteiger partial charge on any atom is 0.449 e. The minimum Gasteiger partial charge on any atom is -0.400 e. The van der Waals surface area contributed by atoms with Crippen molar-refractivity contribution in [3.63, 3.8) is 0 Å². The van der Waals surface area contributed by atoms with Crippen LogP contribution in [0.1, 0.15) is 26.3 Å². The monoisotopic (exact) mass is 310 g/mol. The van der Waals surface area contributed by atoms with Crippen molar-refractivity contribution in [1.82, 2.24) is 0 Å². The highest BCUT2D eigenvalue weighted by Crippen LogP contribution is 2.47. The third-order valence-corrected chi connectivity index (χ3v) is 3.66. The second kappa shape index (κ2) is 4.07. The number of benzene rings is 1. The highest BCUT2D eigenvalue weighted by atomic mass is 35.6. The Morgan fingerprint density at radius 2 is 1.61 bits per heavy atom. The molecule has 1 aliphatic heterocycles. The van der Waals surface area contributed by atoms with Crippen molar-refractivity contribution < 1.29 is 15.2 Å². The number of fused-ring (bicyclic) bond motifs is 1. The van der Waals surface area contributed by atoms with Gasteiger partial charge in [-0.1, -0.05) is 61.6 Å². The fourth-order valence-electron chi connectivity index (χ4n) is 1.63. The Labute approximate surface area is 121 Å². The van der Waals surface area contributed by atoms with E-state index in [1.54, 1.807) is 6.07 Å². The number of hydrogen-bond acceptors (Lipinski definition) is 2. The molecule has 0 bridgehead atoms. The van der Waals surface area contributed by atoms with E-state index < -0.39 is 9.70 Å². The number of quaternary nitrogens is 1. The molecule has 18 heavy (non-hydrogen) atoms. The van der Waals surface area contributed by atoms with E-state index in [-0.39, 0.29) is 5.41 Å². The van der Waals surface area contributed by atoms with Crippen LogP contribution in [0.15, 0.2) is 18.2 Å². The number of alkyl halides is 3. The van der Waals surface area contributed by atoms with Gasteiger partial charge in [0.25, 0.3) is 0 Å². The number of hydrogen-bond donors (Lipinski definition) is 1. The summed E-state index contributed by atoms with van der Waals surface area (Å²) in [5, 5.41) is 0. The molecule has 0 amide bonds. The molecule has 0 radical (unpaired) electrons. The maximum absolute atomic E-state index is 5.82. The second-order valence-electron chi connectivity index (χ2n) is 5.37. The topological polar surface area (TPSA) is 46.1 Å². The van der Waals surface area contributed by atoms with Crippen molar-refractivity contribution in [3.8, 4) is 11.5 Å². The predicted octanol–water partition coefficient (Wildman–Crippen LogP) is 3.02. The molecule has 0 aliphatic carbocycles. The van der Waals surface area contributed by atoms with Crippen LogP contribution in [-0.4, -0.2) is 9.70 Å². The van der Waals surface area contributed by atoms with Gasteiger partial charge in [0.05, 0.1) is 0 Å². The van der Waals surface area contributed by atoms with E-state index in [1.165, 1.54) is 0 Å². The summed E-state index contributed by atoms with van der Waals surface area (Å²) in [5.41, 5.74) is 4.82. The van der Waals surface area contributed by atoms with Crippen molar-refractivity contribution in [2.75, 3.05) is 0 Å². The van der Waals surface area contributed by atoms with Gasteiger partial charge in [-0.05, 0) is 23.1 Å². The van der Waals surface area contributed by atoms with Crippen molar-refractivity contribution in [3.05, 3.63) is 23.8 Å². The Kier molecular flexibility index (Phi) is 3.18. The van der Waals surface area contributed by atoms with Crippen LogP contribution >= 0.6 is 34.8 Å². The first-order chi connectivity index (χ1) is 8.03. The van der Waals surface area contributed by atoms with Crippen LogP contribution in [0.5, 0.6) is 11.5 Å². The average Bonchev–Trinajstić information content (AvgIpc) is 2.51. The van der Waals surface area contributed by atoms with Crippen LogP contribution in [0.2, 0.25) is 0 Å². The van der Waals surface area contributed by atoms with Crippen LogP contribution < -0.4 is 15.2 Å². The van der Waals surface area contributed by atoms with Crippen molar-refractivity contribution in [2.45, 2.75) is 35.9 Å². The average molecular weight is 312 g/mol. The summed E-state index contributed by atoms with van der Waals surface area (Å²) in [4.78, 5) is 0. The van der Waals surface area contributed by atoms with Gasteiger partial charge in [-0.3, -0.25) is 5.73 Å². The van der Waals surface area contributed by atoms with Gasteiger partial charge in [-0.25, -0.2) is 0 Å². The standard InChI is InChI=1S/C12H14Cl3NO2/c1-10(2,3)7-4-5-8-9(6-7)18-12(16,17-8)11(13,14)15/h4-6H,16H2,1-3H3/p+1. The van der Waals surface area contributed by atoms with E-state index in [4.69, 9.17) is 44.3 Å². The van der Waals surface area contributed by atoms with Gasteiger partial charge in [0.15, 0.2) is 11.5 Å². The second-order valence-corrected chi connectivity index (χ2v) is 7.65. The normalized spacial score (nSPS) is 23.3. The molecule has 0 spiro atoms. The summed E-state index contributed by atoms with van der Waals surface area (Å²) in [7, 11) is 0. The summed E-state index contributed by atoms with van der Waals surface area (Å²) < 4.78 is 9.29. The van der Waals surface area contributed by atoms with Crippen molar-refractivity contribution in [1.29, 1.82) is 0 Å². The van der Waals surface area contributed by atoms with Gasteiger partial charge in [0.2, 0.25) is 0 Å². The molecule has 6 heteroatoms. The first kappa shape index (κ1) is 14.1. The minimum atomic E-state index is -1.77. The number of rotatable bonds is 0. The van der Waals surface area contributed by atoms with E-state index in [9.17, 15) is 0 Å². The molecule has 0 saturated heterocycles. The molecule has 1 aromatic rings. The summed E-state index contributed by atoms with van der Waals surface area (Å²) in [6, 6.07) is 5.66. The first-order valence-corrected chi connectivity index (χ1v) is 6.61. The van der Waals surface area contributed by atoms with Gasteiger partial charge < -0.3 is 9.47 Å². The van der Waals surface area contributed by atoms with Crippen LogP contribution in [0.4, 0.5) is 0 Å². The summed E-state index contributed by atoms with van der Waals surface area (Å²) in [5.74, 6) is -0.468. The molecular weight excluding hydrogens is 296 g/mol. The van der Waals surface area contributed by atoms with Crippen LogP contribution in [-0.2, 0) is 5.41 Å². The van der Waals surface area contributed by atoms with Crippen LogP contribution in [0.25, 0.3) is 0 Å². The lowest BCUT2D eigenvalue weighted by Gasteiger charge is -2.24. The lowest BCUT2D eigenvalue weighted by molar-refractivity contribution is -0.587. The molecular formula is C12H15Cl3NO2+. The molecule has 1 heterocycles. The molecule has 3 N–H and O–H groups in total. The molecule has 0 saturated carbocycles. The molecule has 1 atom stereocenters. The van der Waals surface area contributed by atoms with Crippen LogP contribution in [0, 0.1) is 0 Å². The first-order valence-electron chi connectivity index (χ1n) is 5.48. The zero-order chi connectivity index (χ0) is 13.8. The fourth-order valence-corrected chi connectivity index (χ4v) is 1.86. The quantitative estimate of drug-likeness (QED) is 0.749. The largest absolute Gasteiger partial charge is 0.449 e. The number of ether oxygens (including phenoxy) is 2. The van der Waals surface area contributed by atoms with E-state index in [0.717, 1.165) is 5.56 Å². The van der Waals surface area contributed by atoms with Gasteiger partial charge in [-0.2, -0.15) is 0 Å². The highest BCUT2D eigenvalue weighted by molar-refractivity contribution is 6.68. The van der Waals surface area contributed by atoms with Gasteiger partial charge in [0, 0.05) is 0 Å². The zero-order valence-corrected chi connectivity index (χ0v) is 12.7. The lowest BCUT2D eigenvalue weighted by Crippen LogP contribution is -2.83. The summed E-state index contributed by atoms with van der Waals surface area (Å²) in [6.07, 6.45) is 0. The molecule has 1 aromatic carbocycles. The molecule has 0 fully saturated rings. The smallest absolute Gasteiger partial charge is 0.400 e. The van der Waals surface area contributed by atoms with E-state index in [0.29, 0.717) is 11.5 Å². The van der Waals surface area contributed by atoms with E-state index in [1.807, 2.05) is 12.1 Å². The molecule has 100 valence electrons. The zero-order valence-electron chi connectivity index (χ0n) is 10.4. The lowest BCUT2D eigenvalue weighted by atomic mass is 9.87. The maximum atomic E-state index is 5.82. The molecule has 1 unspecified atom stereocenters. The Balaban J connectivity index is 2.37. The van der Waals surface area contributed by atoms with E-state index >= 15 is 0 Å². The number of halogens is 3. The molecule has 3 nitrogen and oxygen atoms in total. The Hall–Kier alpha value is -0.350. The fraction of sp³-hybridized carbons (Fsp3) is 0.500. The van der Waals surface area contributed by atoms with Crippen LogP contribution in [0.3, 0.4) is 0 Å². The van der Waals surface area contributed by atoms with Crippen molar-refractivity contribution in [2.24, 2.45) is 0 Å². The highest BCUT2D eigenvalue weighted by Gasteiger charge is 2.59. The Morgan fingerprint density at radius 1 is 1.06 bits per heavy atom. The van der Waals surface area contributed by atoms with Gasteiger partial charge >= 0.3 is 9.70 Å². The Bertz CT molecular complexity index is 479. The summed E-state index contributed by atoms with van der Waals surface area (Å²) in [6.45, 7) is 6.32. The van der Waals surface area contributed by atoms with Gasteiger partial charge in [0.1, 0.15) is 0 Å². The predicted molar refractivity (Wildman–Crippen MR) is 72.3 cm³/mol. The molecule has 0 aromatic heterocycles. The van der Waals surface area contributed by atoms with Gasteiger partial charge in [-0.15, -0.1) is 0 Å². The SMILES string of the molecule is CC(C)(C)c1ccc2c(c1)OC([NH3+])(C(Cl)(Cl)Cl)O2. The third kappa shape index (κ3) is 2.37. The summed E-state index contributed by atoms with van der Waals surface area (Å²) >= 11 is 17.5. The molecule has 2 rings (SSSR count).